The molecular formula is C13H20ClNOS. The van der Waals surface area contributed by atoms with E-state index in [0.29, 0.717) is 11.6 Å². The number of rotatable bonds is 8. The fraction of sp³-hybridized carbons (Fsp3) is 0.538. The highest BCUT2D eigenvalue weighted by atomic mass is 35.5. The van der Waals surface area contributed by atoms with E-state index in [1.165, 1.54) is 5.56 Å². The van der Waals surface area contributed by atoms with Crippen LogP contribution in [0.15, 0.2) is 18.2 Å². The van der Waals surface area contributed by atoms with E-state index < -0.39 is 0 Å². The van der Waals surface area contributed by atoms with E-state index in [-0.39, 0.29) is 0 Å². The van der Waals surface area contributed by atoms with Crippen LogP contribution in [0.3, 0.4) is 0 Å². The predicted molar refractivity (Wildman–Crippen MR) is 77.3 cm³/mol. The maximum atomic E-state index is 6.16. The Morgan fingerprint density at radius 1 is 1.41 bits per heavy atom. The van der Waals surface area contributed by atoms with Gasteiger partial charge in [-0.2, -0.15) is 11.8 Å². The normalized spacial score (nSPS) is 10.5. The molecule has 1 aromatic rings. The lowest BCUT2D eigenvalue weighted by Gasteiger charge is -2.09. The monoisotopic (exact) mass is 273 g/mol. The summed E-state index contributed by atoms with van der Waals surface area (Å²) in [6.45, 7) is 4.75. The number of halogens is 1. The third kappa shape index (κ3) is 5.66. The summed E-state index contributed by atoms with van der Waals surface area (Å²) < 4.78 is 5.58. The van der Waals surface area contributed by atoms with Crippen LogP contribution >= 0.6 is 23.4 Å². The van der Waals surface area contributed by atoms with Gasteiger partial charge in [0.1, 0.15) is 5.75 Å². The van der Waals surface area contributed by atoms with Gasteiger partial charge in [-0.15, -0.1) is 0 Å². The van der Waals surface area contributed by atoms with Gasteiger partial charge < -0.3 is 10.1 Å². The van der Waals surface area contributed by atoms with Gasteiger partial charge in [-0.3, -0.25) is 0 Å². The summed E-state index contributed by atoms with van der Waals surface area (Å²) in [7, 11) is 0. The Labute approximate surface area is 113 Å². The molecule has 0 saturated carbocycles. The second kappa shape index (κ2) is 8.67. The second-order valence-corrected chi connectivity index (χ2v) is 5.18. The third-order valence-corrected chi connectivity index (χ3v) is 3.17. The van der Waals surface area contributed by atoms with Crippen molar-refractivity contribution >= 4 is 23.4 Å². The summed E-state index contributed by atoms with van der Waals surface area (Å²) in [5.41, 5.74) is 1.20. The van der Waals surface area contributed by atoms with Crippen molar-refractivity contribution in [1.29, 1.82) is 0 Å². The van der Waals surface area contributed by atoms with E-state index in [9.17, 15) is 0 Å². The molecule has 0 unspecified atom stereocenters. The van der Waals surface area contributed by atoms with Gasteiger partial charge in [0, 0.05) is 12.3 Å². The van der Waals surface area contributed by atoms with Crippen LogP contribution in [0.5, 0.6) is 5.75 Å². The Morgan fingerprint density at radius 2 is 2.24 bits per heavy atom. The van der Waals surface area contributed by atoms with E-state index in [2.05, 4.69) is 24.6 Å². The number of benzene rings is 1. The maximum Gasteiger partial charge on any atom is 0.137 e. The van der Waals surface area contributed by atoms with E-state index in [1.54, 1.807) is 11.8 Å². The first-order valence-corrected chi connectivity index (χ1v) is 7.66. The number of hydrogen-bond acceptors (Lipinski definition) is 3. The van der Waals surface area contributed by atoms with Crippen LogP contribution in [-0.2, 0) is 6.54 Å². The summed E-state index contributed by atoms with van der Waals surface area (Å²) in [6.07, 6.45) is 3.21. The minimum absolute atomic E-state index is 0.696. The summed E-state index contributed by atoms with van der Waals surface area (Å²) in [6, 6.07) is 5.98. The van der Waals surface area contributed by atoms with Gasteiger partial charge in [0.15, 0.2) is 0 Å². The lowest BCUT2D eigenvalue weighted by molar-refractivity contribution is 0.344. The molecular weight excluding hydrogens is 254 g/mol. The average Bonchev–Trinajstić information content (AvgIpc) is 2.32. The molecule has 0 radical (unpaired) electrons. The first kappa shape index (κ1) is 14.7. The maximum absolute atomic E-state index is 6.16. The molecule has 0 fully saturated rings. The SMILES string of the molecule is CCCNCc1ccc(OCCSC)c(Cl)c1. The van der Waals surface area contributed by atoms with Gasteiger partial charge in [-0.05, 0) is 36.9 Å². The minimum atomic E-state index is 0.696. The fourth-order valence-corrected chi connectivity index (χ4v) is 1.92. The minimum Gasteiger partial charge on any atom is -0.491 e. The molecule has 1 rings (SSSR count). The average molecular weight is 274 g/mol. The molecule has 1 aromatic carbocycles. The zero-order valence-corrected chi connectivity index (χ0v) is 12.0. The van der Waals surface area contributed by atoms with Crippen LogP contribution in [0.25, 0.3) is 0 Å². The van der Waals surface area contributed by atoms with Crippen molar-refractivity contribution in [3.05, 3.63) is 28.8 Å². The fourth-order valence-electron chi connectivity index (χ4n) is 1.42. The van der Waals surface area contributed by atoms with E-state index in [0.717, 1.165) is 31.0 Å². The third-order valence-electron chi connectivity index (χ3n) is 2.30. The molecule has 0 amide bonds. The van der Waals surface area contributed by atoms with Crippen molar-refractivity contribution in [1.82, 2.24) is 5.32 Å². The molecule has 0 heterocycles. The molecule has 4 heteroatoms. The van der Waals surface area contributed by atoms with Crippen molar-refractivity contribution < 1.29 is 4.74 Å². The standard InChI is InChI=1S/C13H20ClNOS/c1-3-6-15-10-11-4-5-13(12(14)9-11)16-7-8-17-2/h4-5,9,15H,3,6-8,10H2,1-2H3. The Bertz CT molecular complexity index is 333. The molecule has 96 valence electrons. The summed E-state index contributed by atoms with van der Waals surface area (Å²) >= 11 is 7.93. The van der Waals surface area contributed by atoms with Gasteiger partial charge in [0.05, 0.1) is 11.6 Å². The summed E-state index contributed by atoms with van der Waals surface area (Å²) in [5, 5.41) is 4.04. The van der Waals surface area contributed by atoms with Crippen LogP contribution in [0.1, 0.15) is 18.9 Å². The first-order chi connectivity index (χ1) is 8.27. The topological polar surface area (TPSA) is 21.3 Å². The zero-order valence-electron chi connectivity index (χ0n) is 10.5. The Kier molecular flexibility index (Phi) is 7.49. The molecule has 0 aromatic heterocycles. The van der Waals surface area contributed by atoms with Crippen molar-refractivity contribution in [3.8, 4) is 5.75 Å². The Morgan fingerprint density at radius 3 is 2.88 bits per heavy atom. The van der Waals surface area contributed by atoms with Gasteiger partial charge in [0.25, 0.3) is 0 Å². The highest BCUT2D eigenvalue weighted by molar-refractivity contribution is 7.98. The quantitative estimate of drug-likeness (QED) is 0.732. The molecule has 0 atom stereocenters. The molecule has 0 spiro atoms. The number of thioether (sulfide) groups is 1. The lowest BCUT2D eigenvalue weighted by Crippen LogP contribution is -2.13. The second-order valence-electron chi connectivity index (χ2n) is 3.78. The van der Waals surface area contributed by atoms with Crippen molar-refractivity contribution in [2.75, 3.05) is 25.2 Å². The van der Waals surface area contributed by atoms with Gasteiger partial charge in [-0.1, -0.05) is 24.6 Å². The molecule has 0 bridgehead atoms. The number of ether oxygens (including phenoxy) is 1. The molecule has 0 saturated heterocycles. The molecule has 0 aliphatic rings. The highest BCUT2D eigenvalue weighted by Crippen LogP contribution is 2.25. The van der Waals surface area contributed by atoms with E-state index in [4.69, 9.17) is 16.3 Å². The van der Waals surface area contributed by atoms with Gasteiger partial charge >= 0.3 is 0 Å². The molecule has 0 aliphatic heterocycles. The molecule has 0 aliphatic carbocycles. The summed E-state index contributed by atoms with van der Waals surface area (Å²) in [4.78, 5) is 0. The van der Waals surface area contributed by atoms with Gasteiger partial charge in [0.2, 0.25) is 0 Å². The van der Waals surface area contributed by atoms with E-state index in [1.807, 2.05) is 12.1 Å². The van der Waals surface area contributed by atoms with Crippen LogP contribution in [-0.4, -0.2) is 25.2 Å². The predicted octanol–water partition coefficient (Wildman–Crippen LogP) is 3.58. The largest absolute Gasteiger partial charge is 0.491 e. The van der Waals surface area contributed by atoms with E-state index >= 15 is 0 Å². The van der Waals surface area contributed by atoms with Crippen molar-refractivity contribution in [2.45, 2.75) is 19.9 Å². The van der Waals surface area contributed by atoms with Crippen LogP contribution in [0.4, 0.5) is 0 Å². The van der Waals surface area contributed by atoms with Gasteiger partial charge in [-0.25, -0.2) is 0 Å². The number of nitrogens with one attached hydrogen (secondary N) is 1. The van der Waals surface area contributed by atoms with Crippen molar-refractivity contribution in [2.24, 2.45) is 0 Å². The zero-order chi connectivity index (χ0) is 12.5. The van der Waals surface area contributed by atoms with Crippen LogP contribution < -0.4 is 10.1 Å². The number of hydrogen-bond donors (Lipinski definition) is 1. The summed E-state index contributed by atoms with van der Waals surface area (Å²) in [5.74, 6) is 1.76. The lowest BCUT2D eigenvalue weighted by atomic mass is 10.2. The molecule has 2 nitrogen and oxygen atoms in total. The van der Waals surface area contributed by atoms with Crippen molar-refractivity contribution in [3.63, 3.8) is 0 Å². The van der Waals surface area contributed by atoms with Crippen LogP contribution in [0, 0.1) is 0 Å². The first-order valence-electron chi connectivity index (χ1n) is 5.88. The Hall–Kier alpha value is -0.380. The molecule has 17 heavy (non-hydrogen) atoms. The molecule has 1 N–H and O–H groups in total. The smallest absolute Gasteiger partial charge is 0.137 e. The van der Waals surface area contributed by atoms with Crippen LogP contribution in [0.2, 0.25) is 5.02 Å². The highest BCUT2D eigenvalue weighted by Gasteiger charge is 2.02. The Balaban J connectivity index is 2.47.